The predicted octanol–water partition coefficient (Wildman–Crippen LogP) is 2.15. The topological polar surface area (TPSA) is 23.8 Å². The summed E-state index contributed by atoms with van der Waals surface area (Å²) >= 11 is 3.99. The molecule has 1 nitrogen and oxygen atoms in total. The number of nitriles is 1. The third-order valence-corrected chi connectivity index (χ3v) is 1.82. The van der Waals surface area contributed by atoms with E-state index >= 15 is 0 Å². The van der Waals surface area contributed by atoms with Crippen molar-refractivity contribution in [3.63, 3.8) is 0 Å². The zero-order valence-corrected chi connectivity index (χ0v) is 8.23. The lowest BCUT2D eigenvalue weighted by Gasteiger charge is -1.96. The average molecular weight is 187 g/mol. The molecule has 0 bridgehead atoms. The highest BCUT2D eigenvalue weighted by atomic mass is 32.1. The minimum Gasteiger partial charge on any atom is -0.192 e. The molecule has 64 valence electrons. The van der Waals surface area contributed by atoms with Gasteiger partial charge < -0.3 is 0 Å². The average Bonchev–Trinajstić information content (AvgIpc) is 2.15. The van der Waals surface area contributed by atoms with E-state index in [2.05, 4.69) is 30.5 Å². The van der Waals surface area contributed by atoms with Gasteiger partial charge in [0.15, 0.2) is 0 Å². The fourth-order valence-electron chi connectivity index (χ4n) is 1.01. The minimum absolute atomic E-state index is 0.555. The summed E-state index contributed by atoms with van der Waals surface area (Å²) in [6.45, 7) is 1.91. The van der Waals surface area contributed by atoms with E-state index in [9.17, 15) is 0 Å². The first-order chi connectivity index (χ1) is 6.27. The normalized spacial score (nSPS) is 8.38. The van der Waals surface area contributed by atoms with Crippen LogP contribution in [0.2, 0.25) is 0 Å². The minimum atomic E-state index is 0.555. The Labute approximate surface area is 83.8 Å². The van der Waals surface area contributed by atoms with Crippen molar-refractivity contribution in [2.45, 2.75) is 6.92 Å². The highest BCUT2D eigenvalue weighted by Gasteiger charge is 1.95. The van der Waals surface area contributed by atoms with Gasteiger partial charge in [0, 0.05) is 5.56 Å². The molecule has 0 spiro atoms. The lowest BCUT2D eigenvalue weighted by Crippen LogP contribution is -1.83. The molecule has 0 N–H and O–H groups in total. The molecule has 1 aromatic carbocycles. The summed E-state index contributed by atoms with van der Waals surface area (Å²) in [5.74, 6) is 6.37. The molecule has 13 heavy (non-hydrogen) atoms. The Morgan fingerprint density at radius 2 is 2.23 bits per heavy atom. The van der Waals surface area contributed by atoms with Crippen molar-refractivity contribution in [2.75, 3.05) is 5.75 Å². The first kappa shape index (κ1) is 9.71. The van der Waals surface area contributed by atoms with Gasteiger partial charge in [-0.25, -0.2) is 0 Å². The highest BCUT2D eigenvalue weighted by Crippen LogP contribution is 2.08. The van der Waals surface area contributed by atoms with E-state index in [1.807, 2.05) is 19.1 Å². The van der Waals surface area contributed by atoms with E-state index in [-0.39, 0.29) is 0 Å². The Morgan fingerprint density at radius 1 is 1.46 bits per heavy atom. The zero-order valence-electron chi connectivity index (χ0n) is 7.33. The molecule has 0 amide bonds. The summed E-state index contributed by atoms with van der Waals surface area (Å²) in [5.41, 5.74) is 2.61. The van der Waals surface area contributed by atoms with Gasteiger partial charge in [0.25, 0.3) is 0 Å². The number of benzene rings is 1. The molecule has 0 aliphatic heterocycles. The monoisotopic (exact) mass is 187 g/mol. The highest BCUT2D eigenvalue weighted by molar-refractivity contribution is 7.80. The maximum absolute atomic E-state index is 8.69. The maximum Gasteiger partial charge on any atom is 0.0994 e. The molecular weight excluding hydrogens is 178 g/mol. The summed E-state index contributed by atoms with van der Waals surface area (Å²) in [5, 5.41) is 8.69. The van der Waals surface area contributed by atoms with Crippen LogP contribution in [0, 0.1) is 30.1 Å². The summed E-state index contributed by atoms with van der Waals surface area (Å²) in [4.78, 5) is 0. The van der Waals surface area contributed by atoms with Crippen molar-refractivity contribution in [3.05, 3.63) is 34.9 Å². The van der Waals surface area contributed by atoms with Gasteiger partial charge in [-0.15, -0.1) is 0 Å². The van der Waals surface area contributed by atoms with E-state index in [4.69, 9.17) is 5.26 Å². The SMILES string of the molecule is Cc1cc(C#CCS)ccc1C#N. The predicted molar refractivity (Wildman–Crippen MR) is 56.6 cm³/mol. The second kappa shape index (κ2) is 4.60. The maximum atomic E-state index is 8.69. The first-order valence-electron chi connectivity index (χ1n) is 3.88. The largest absolute Gasteiger partial charge is 0.192 e. The summed E-state index contributed by atoms with van der Waals surface area (Å²) in [7, 11) is 0. The van der Waals surface area contributed by atoms with Crippen LogP contribution in [0.3, 0.4) is 0 Å². The van der Waals surface area contributed by atoms with E-state index in [0.29, 0.717) is 11.3 Å². The standard InChI is InChI=1S/C11H9NS/c1-9-7-10(3-2-6-13)4-5-11(9)8-12/h4-5,7,13H,6H2,1H3. The number of aryl methyl sites for hydroxylation is 1. The Balaban J connectivity index is 3.04. The van der Waals surface area contributed by atoms with Crippen molar-refractivity contribution in [2.24, 2.45) is 0 Å². The lowest BCUT2D eigenvalue weighted by molar-refractivity contribution is 1.38. The number of hydrogen-bond acceptors (Lipinski definition) is 2. The van der Waals surface area contributed by atoms with Gasteiger partial charge in [-0.2, -0.15) is 17.9 Å². The fourth-order valence-corrected chi connectivity index (χ4v) is 1.09. The Bertz CT molecular complexity index is 404. The van der Waals surface area contributed by atoms with Crippen LogP contribution in [0.25, 0.3) is 0 Å². The van der Waals surface area contributed by atoms with Crippen LogP contribution in [-0.2, 0) is 0 Å². The van der Waals surface area contributed by atoms with E-state index < -0.39 is 0 Å². The van der Waals surface area contributed by atoms with Crippen molar-refractivity contribution in [1.82, 2.24) is 0 Å². The lowest BCUT2D eigenvalue weighted by atomic mass is 10.1. The Kier molecular flexibility index (Phi) is 3.43. The second-order valence-electron chi connectivity index (χ2n) is 2.60. The molecule has 0 fully saturated rings. The van der Waals surface area contributed by atoms with E-state index in [0.717, 1.165) is 11.1 Å². The third kappa shape index (κ3) is 2.54. The molecule has 0 aromatic heterocycles. The molecule has 0 saturated carbocycles. The molecule has 0 saturated heterocycles. The molecule has 1 rings (SSSR count). The van der Waals surface area contributed by atoms with Gasteiger partial charge in [-0.1, -0.05) is 11.8 Å². The molecule has 0 radical (unpaired) electrons. The van der Waals surface area contributed by atoms with Gasteiger partial charge >= 0.3 is 0 Å². The van der Waals surface area contributed by atoms with Gasteiger partial charge in [0.2, 0.25) is 0 Å². The Morgan fingerprint density at radius 3 is 2.77 bits per heavy atom. The fraction of sp³-hybridized carbons (Fsp3) is 0.182. The molecule has 0 aliphatic rings. The van der Waals surface area contributed by atoms with Crippen LogP contribution in [0.1, 0.15) is 16.7 Å². The van der Waals surface area contributed by atoms with E-state index in [1.54, 1.807) is 6.07 Å². The van der Waals surface area contributed by atoms with Crippen LogP contribution in [0.15, 0.2) is 18.2 Å². The summed E-state index contributed by atoms with van der Waals surface area (Å²) in [6.07, 6.45) is 0. The van der Waals surface area contributed by atoms with Crippen molar-refractivity contribution in [3.8, 4) is 17.9 Å². The zero-order chi connectivity index (χ0) is 9.68. The number of hydrogen-bond donors (Lipinski definition) is 1. The van der Waals surface area contributed by atoms with Gasteiger partial charge in [-0.05, 0) is 30.7 Å². The summed E-state index contributed by atoms with van der Waals surface area (Å²) < 4.78 is 0. The number of thiol groups is 1. The third-order valence-electron chi connectivity index (χ3n) is 1.66. The van der Waals surface area contributed by atoms with Crippen LogP contribution in [0.5, 0.6) is 0 Å². The van der Waals surface area contributed by atoms with E-state index in [1.165, 1.54) is 0 Å². The van der Waals surface area contributed by atoms with Gasteiger partial charge in [0.05, 0.1) is 17.4 Å². The van der Waals surface area contributed by atoms with Crippen LogP contribution < -0.4 is 0 Å². The molecule has 0 heterocycles. The molecule has 1 aromatic rings. The number of rotatable bonds is 0. The summed E-state index contributed by atoms with van der Waals surface area (Å²) in [6, 6.07) is 7.67. The smallest absolute Gasteiger partial charge is 0.0994 e. The molecule has 0 aliphatic carbocycles. The van der Waals surface area contributed by atoms with Crippen molar-refractivity contribution in [1.29, 1.82) is 5.26 Å². The van der Waals surface area contributed by atoms with Crippen molar-refractivity contribution >= 4 is 12.6 Å². The number of nitrogens with zero attached hydrogens (tertiary/aromatic N) is 1. The first-order valence-corrected chi connectivity index (χ1v) is 4.51. The van der Waals surface area contributed by atoms with Crippen molar-refractivity contribution < 1.29 is 0 Å². The second-order valence-corrected chi connectivity index (χ2v) is 2.92. The van der Waals surface area contributed by atoms with Gasteiger partial charge in [-0.3, -0.25) is 0 Å². The molecule has 0 atom stereocenters. The van der Waals surface area contributed by atoms with Crippen LogP contribution in [0.4, 0.5) is 0 Å². The molecular formula is C11H9NS. The van der Waals surface area contributed by atoms with Gasteiger partial charge in [0.1, 0.15) is 0 Å². The van der Waals surface area contributed by atoms with Crippen LogP contribution in [-0.4, -0.2) is 5.75 Å². The molecule has 0 unspecified atom stereocenters. The van der Waals surface area contributed by atoms with Crippen LogP contribution >= 0.6 is 12.6 Å². The Hall–Kier alpha value is -1.38. The quantitative estimate of drug-likeness (QED) is 0.488. The molecule has 2 heteroatoms.